The maximum Gasteiger partial charge on any atom is 0.275 e. The van der Waals surface area contributed by atoms with Crippen LogP contribution in [0.25, 0.3) is 10.8 Å². The second-order valence-corrected chi connectivity index (χ2v) is 7.03. The molecule has 0 aliphatic carbocycles. The van der Waals surface area contributed by atoms with Crippen molar-refractivity contribution >= 4 is 38.3 Å². The lowest BCUT2D eigenvalue weighted by Gasteiger charge is -2.07. The predicted octanol–water partition coefficient (Wildman–Crippen LogP) is 4.32. The zero-order valence-electron chi connectivity index (χ0n) is 14.8. The van der Waals surface area contributed by atoms with Crippen LogP contribution in [0.1, 0.15) is 23.0 Å². The van der Waals surface area contributed by atoms with Gasteiger partial charge in [-0.2, -0.15) is 10.2 Å². The molecule has 0 saturated carbocycles. The number of aromatic nitrogens is 4. The molecule has 0 spiro atoms. The molecule has 2 aromatic heterocycles. The predicted molar refractivity (Wildman–Crippen MR) is 109 cm³/mol. The van der Waals surface area contributed by atoms with Crippen LogP contribution < -0.4 is 5.32 Å². The Morgan fingerprint density at radius 3 is 2.78 bits per heavy atom. The van der Waals surface area contributed by atoms with Crippen LogP contribution in [0, 0.1) is 0 Å². The van der Waals surface area contributed by atoms with Crippen LogP contribution in [0.4, 0.5) is 5.69 Å². The summed E-state index contributed by atoms with van der Waals surface area (Å²) in [5.41, 5.74) is 2.33. The van der Waals surface area contributed by atoms with Crippen molar-refractivity contribution in [2.45, 2.75) is 20.0 Å². The van der Waals surface area contributed by atoms with Gasteiger partial charge in [0.05, 0.1) is 29.1 Å². The number of anilines is 1. The average Bonchev–Trinajstić information content (AvgIpc) is 3.28. The molecule has 4 aromatic rings. The number of aryl methyl sites for hydroxylation is 1. The van der Waals surface area contributed by atoms with Crippen LogP contribution in [0.2, 0.25) is 0 Å². The smallest absolute Gasteiger partial charge is 0.275 e. The van der Waals surface area contributed by atoms with E-state index in [-0.39, 0.29) is 5.91 Å². The molecule has 1 amide bonds. The number of carbonyl (C=O) groups is 1. The molecule has 2 aromatic carbocycles. The second kappa shape index (κ2) is 7.36. The van der Waals surface area contributed by atoms with Gasteiger partial charge in [0, 0.05) is 12.7 Å². The summed E-state index contributed by atoms with van der Waals surface area (Å²) >= 11 is 3.38. The minimum atomic E-state index is -0.217. The first-order valence-electron chi connectivity index (χ1n) is 8.67. The van der Waals surface area contributed by atoms with Crippen LogP contribution in [0.15, 0.2) is 65.5 Å². The van der Waals surface area contributed by atoms with Crippen molar-refractivity contribution in [1.82, 2.24) is 19.6 Å². The fourth-order valence-corrected chi connectivity index (χ4v) is 3.61. The fraction of sp³-hybridized carbons (Fsp3) is 0.150. The summed E-state index contributed by atoms with van der Waals surface area (Å²) < 4.78 is 4.15. The number of hydrogen-bond acceptors (Lipinski definition) is 3. The van der Waals surface area contributed by atoms with Crippen molar-refractivity contribution in [2.24, 2.45) is 0 Å². The quantitative estimate of drug-likeness (QED) is 0.519. The molecular weight excluding hydrogens is 406 g/mol. The van der Waals surface area contributed by atoms with Gasteiger partial charge in [-0.15, -0.1) is 0 Å². The van der Waals surface area contributed by atoms with E-state index in [4.69, 9.17) is 0 Å². The molecule has 6 nitrogen and oxygen atoms in total. The van der Waals surface area contributed by atoms with Crippen LogP contribution in [-0.4, -0.2) is 25.5 Å². The SMILES string of the molecule is CCn1ncc(Br)c1C(=O)Nc1cnn(Cc2cccc3ccccc23)c1. The summed E-state index contributed by atoms with van der Waals surface area (Å²) in [4.78, 5) is 12.6. The van der Waals surface area contributed by atoms with E-state index in [1.807, 2.05) is 36.0 Å². The number of fused-ring (bicyclic) bond motifs is 1. The Hall–Kier alpha value is -2.93. The molecule has 0 unspecified atom stereocenters. The molecule has 0 aliphatic heterocycles. The zero-order valence-corrected chi connectivity index (χ0v) is 16.3. The Bertz CT molecular complexity index is 1110. The summed E-state index contributed by atoms with van der Waals surface area (Å²) in [5.74, 6) is -0.217. The summed E-state index contributed by atoms with van der Waals surface area (Å²) in [7, 11) is 0. The highest BCUT2D eigenvalue weighted by Crippen LogP contribution is 2.21. The van der Waals surface area contributed by atoms with Gasteiger partial charge >= 0.3 is 0 Å². The number of benzene rings is 2. The summed E-state index contributed by atoms with van der Waals surface area (Å²) in [5, 5.41) is 13.9. The van der Waals surface area contributed by atoms with E-state index < -0.39 is 0 Å². The lowest BCUT2D eigenvalue weighted by atomic mass is 10.0. The van der Waals surface area contributed by atoms with E-state index >= 15 is 0 Å². The first-order chi connectivity index (χ1) is 13.2. The van der Waals surface area contributed by atoms with Crippen molar-refractivity contribution in [2.75, 3.05) is 5.32 Å². The number of halogens is 1. The van der Waals surface area contributed by atoms with E-state index in [2.05, 4.69) is 55.7 Å². The highest BCUT2D eigenvalue weighted by Gasteiger charge is 2.17. The fourth-order valence-electron chi connectivity index (χ4n) is 3.14. The number of nitrogens with zero attached hydrogens (tertiary/aromatic N) is 4. The van der Waals surface area contributed by atoms with Crippen molar-refractivity contribution in [1.29, 1.82) is 0 Å². The first kappa shape index (κ1) is 17.5. The third kappa shape index (κ3) is 3.50. The van der Waals surface area contributed by atoms with E-state index in [1.165, 1.54) is 16.3 Å². The van der Waals surface area contributed by atoms with Crippen molar-refractivity contribution in [3.8, 4) is 0 Å². The van der Waals surface area contributed by atoms with Gasteiger partial charge in [0.15, 0.2) is 0 Å². The standard InChI is InChI=1S/C20H18BrN5O/c1-2-26-19(18(21)11-23-26)20(27)24-16-10-22-25(13-16)12-15-8-5-7-14-6-3-4-9-17(14)15/h3-11,13H,2,12H2,1H3,(H,24,27). The van der Waals surface area contributed by atoms with Crippen LogP contribution in [-0.2, 0) is 13.1 Å². The molecule has 0 atom stereocenters. The van der Waals surface area contributed by atoms with Gasteiger partial charge in [-0.1, -0.05) is 42.5 Å². The normalized spacial score (nSPS) is 11.0. The summed E-state index contributed by atoms with van der Waals surface area (Å²) in [6, 6.07) is 14.5. The van der Waals surface area contributed by atoms with Crippen LogP contribution >= 0.6 is 15.9 Å². The molecule has 0 aliphatic rings. The molecule has 0 saturated heterocycles. The lowest BCUT2D eigenvalue weighted by Crippen LogP contribution is -2.17. The molecule has 2 heterocycles. The molecular formula is C20H18BrN5O. The van der Waals surface area contributed by atoms with E-state index in [9.17, 15) is 4.79 Å². The van der Waals surface area contributed by atoms with Crippen molar-refractivity contribution in [3.63, 3.8) is 0 Å². The van der Waals surface area contributed by atoms with Crippen LogP contribution in [0.5, 0.6) is 0 Å². The van der Waals surface area contributed by atoms with Gasteiger partial charge < -0.3 is 5.32 Å². The highest BCUT2D eigenvalue weighted by molar-refractivity contribution is 9.10. The maximum atomic E-state index is 12.6. The summed E-state index contributed by atoms with van der Waals surface area (Å²) in [6.45, 7) is 3.20. The van der Waals surface area contributed by atoms with Crippen LogP contribution in [0.3, 0.4) is 0 Å². The number of nitrogens with one attached hydrogen (secondary N) is 1. The van der Waals surface area contributed by atoms with E-state index in [0.717, 1.165) is 0 Å². The molecule has 27 heavy (non-hydrogen) atoms. The van der Waals surface area contributed by atoms with Gasteiger partial charge in [-0.3, -0.25) is 14.2 Å². The van der Waals surface area contributed by atoms with Gasteiger partial charge in [0.1, 0.15) is 5.69 Å². The molecule has 4 rings (SSSR count). The molecule has 0 fully saturated rings. The van der Waals surface area contributed by atoms with Gasteiger partial charge in [0.2, 0.25) is 0 Å². The Kier molecular flexibility index (Phi) is 4.77. The van der Waals surface area contributed by atoms with Crippen molar-refractivity contribution in [3.05, 3.63) is 76.8 Å². The maximum absolute atomic E-state index is 12.6. The van der Waals surface area contributed by atoms with E-state index in [0.29, 0.717) is 28.9 Å². The number of rotatable bonds is 5. The minimum Gasteiger partial charge on any atom is -0.318 e. The Morgan fingerprint density at radius 2 is 1.93 bits per heavy atom. The first-order valence-corrected chi connectivity index (χ1v) is 9.46. The Labute approximate surface area is 164 Å². The summed E-state index contributed by atoms with van der Waals surface area (Å²) in [6.07, 6.45) is 5.12. The Morgan fingerprint density at radius 1 is 1.11 bits per heavy atom. The van der Waals surface area contributed by atoms with Crippen molar-refractivity contribution < 1.29 is 4.79 Å². The average molecular weight is 424 g/mol. The monoisotopic (exact) mass is 423 g/mol. The number of carbonyl (C=O) groups excluding carboxylic acids is 1. The van der Waals surface area contributed by atoms with Gasteiger partial charge in [0.25, 0.3) is 5.91 Å². The molecule has 0 bridgehead atoms. The minimum absolute atomic E-state index is 0.217. The van der Waals surface area contributed by atoms with Gasteiger partial charge in [-0.05, 0) is 39.2 Å². The molecule has 7 heteroatoms. The Balaban J connectivity index is 1.53. The van der Waals surface area contributed by atoms with Gasteiger partial charge in [-0.25, -0.2) is 0 Å². The second-order valence-electron chi connectivity index (χ2n) is 6.18. The number of hydrogen-bond donors (Lipinski definition) is 1. The molecule has 1 N–H and O–H groups in total. The third-order valence-electron chi connectivity index (χ3n) is 4.41. The topological polar surface area (TPSA) is 64.7 Å². The molecule has 136 valence electrons. The zero-order chi connectivity index (χ0) is 18.8. The lowest BCUT2D eigenvalue weighted by molar-refractivity contribution is 0.101. The number of amides is 1. The third-order valence-corrected chi connectivity index (χ3v) is 4.99. The highest BCUT2D eigenvalue weighted by atomic mass is 79.9. The molecule has 0 radical (unpaired) electrons. The largest absolute Gasteiger partial charge is 0.318 e. The van der Waals surface area contributed by atoms with E-state index in [1.54, 1.807) is 17.1 Å².